The second-order valence-electron chi connectivity index (χ2n) is 2.85. The second-order valence-corrected chi connectivity index (χ2v) is 3.71. The molecule has 0 aliphatic rings. The normalized spacial score (nSPS) is 11.7. The number of thiazole rings is 1. The van der Waals surface area contributed by atoms with Crippen molar-refractivity contribution in [3.05, 3.63) is 11.1 Å². The van der Waals surface area contributed by atoms with E-state index in [4.69, 9.17) is 10.5 Å². The summed E-state index contributed by atoms with van der Waals surface area (Å²) < 4.78 is 4.90. The van der Waals surface area contributed by atoms with Crippen LogP contribution in [-0.2, 0) is 16.1 Å². The van der Waals surface area contributed by atoms with E-state index < -0.39 is 6.04 Å². The Balaban J connectivity index is 0.00000196. The van der Waals surface area contributed by atoms with Crippen LogP contribution in [0.25, 0.3) is 0 Å². The van der Waals surface area contributed by atoms with E-state index in [1.54, 1.807) is 14.0 Å². The predicted molar refractivity (Wildman–Crippen MR) is 62.4 cm³/mol. The average Bonchev–Trinajstić information content (AvgIpc) is 2.53. The van der Waals surface area contributed by atoms with Gasteiger partial charge in [0.25, 0.3) is 0 Å². The van der Waals surface area contributed by atoms with E-state index in [2.05, 4.69) is 10.3 Å². The highest BCUT2D eigenvalue weighted by Crippen LogP contribution is 2.15. The van der Waals surface area contributed by atoms with Crippen LogP contribution in [0.4, 0.5) is 5.13 Å². The monoisotopic (exact) mass is 251 g/mol. The van der Waals surface area contributed by atoms with E-state index >= 15 is 0 Å². The number of carbonyl (C=O) groups excluding carboxylic acids is 1. The van der Waals surface area contributed by atoms with Crippen LogP contribution >= 0.6 is 23.7 Å². The van der Waals surface area contributed by atoms with Crippen LogP contribution in [-0.4, -0.2) is 24.0 Å². The summed E-state index contributed by atoms with van der Waals surface area (Å²) in [7, 11) is 1.60. The minimum Gasteiger partial charge on any atom is -0.378 e. The molecule has 0 spiro atoms. The number of hydrogen-bond donors (Lipinski definition) is 2. The molecule has 1 atom stereocenters. The van der Waals surface area contributed by atoms with Crippen LogP contribution in [0.1, 0.15) is 12.6 Å². The lowest BCUT2D eigenvalue weighted by Crippen LogP contribution is -2.32. The highest BCUT2D eigenvalue weighted by Gasteiger charge is 2.09. The molecule has 15 heavy (non-hydrogen) atoms. The number of halogens is 1. The Labute approximate surface area is 98.4 Å². The summed E-state index contributed by atoms with van der Waals surface area (Å²) in [6.07, 6.45) is 0. The van der Waals surface area contributed by atoms with Gasteiger partial charge in [-0.15, -0.1) is 23.7 Å². The Morgan fingerprint density at radius 3 is 3.00 bits per heavy atom. The largest absolute Gasteiger partial charge is 0.378 e. The lowest BCUT2D eigenvalue weighted by Gasteiger charge is -2.03. The van der Waals surface area contributed by atoms with E-state index in [0.29, 0.717) is 11.7 Å². The van der Waals surface area contributed by atoms with Crippen molar-refractivity contribution < 1.29 is 9.53 Å². The third kappa shape index (κ3) is 4.57. The quantitative estimate of drug-likeness (QED) is 0.837. The van der Waals surface area contributed by atoms with Crippen molar-refractivity contribution in [1.82, 2.24) is 4.98 Å². The molecule has 7 heteroatoms. The zero-order chi connectivity index (χ0) is 10.6. The fourth-order valence-electron chi connectivity index (χ4n) is 0.798. The van der Waals surface area contributed by atoms with Crippen LogP contribution in [0.15, 0.2) is 5.38 Å². The van der Waals surface area contributed by atoms with Gasteiger partial charge in [-0.1, -0.05) is 0 Å². The number of carbonyl (C=O) groups is 1. The Kier molecular flexibility index (Phi) is 6.42. The molecule has 1 rings (SSSR count). The molecule has 0 aromatic carbocycles. The van der Waals surface area contributed by atoms with Gasteiger partial charge in [-0.25, -0.2) is 4.98 Å². The SMILES string of the molecule is COCc1csc(NC(=O)C(C)N)n1.Cl. The molecule has 1 amide bonds. The van der Waals surface area contributed by atoms with Gasteiger partial charge in [-0.3, -0.25) is 4.79 Å². The van der Waals surface area contributed by atoms with Gasteiger partial charge in [-0.05, 0) is 6.92 Å². The molecule has 1 unspecified atom stereocenters. The second kappa shape index (κ2) is 6.73. The summed E-state index contributed by atoms with van der Waals surface area (Å²) in [6, 6.07) is -0.523. The lowest BCUT2D eigenvalue weighted by atomic mass is 10.3. The summed E-state index contributed by atoms with van der Waals surface area (Å²) in [6.45, 7) is 2.07. The number of hydrogen-bond acceptors (Lipinski definition) is 5. The number of methoxy groups -OCH3 is 1. The molecular weight excluding hydrogens is 238 g/mol. The zero-order valence-corrected chi connectivity index (χ0v) is 10.2. The fourth-order valence-corrected chi connectivity index (χ4v) is 1.50. The number of nitrogens with one attached hydrogen (secondary N) is 1. The maximum atomic E-state index is 11.2. The highest BCUT2D eigenvalue weighted by molar-refractivity contribution is 7.13. The predicted octanol–water partition coefficient (Wildman–Crippen LogP) is 0.997. The van der Waals surface area contributed by atoms with Gasteiger partial charge < -0.3 is 15.8 Å². The number of amides is 1. The molecule has 3 N–H and O–H groups in total. The van der Waals surface area contributed by atoms with Gasteiger partial charge in [0.1, 0.15) is 0 Å². The first kappa shape index (κ1) is 14.3. The van der Waals surface area contributed by atoms with Crippen LogP contribution in [0, 0.1) is 0 Å². The van der Waals surface area contributed by atoms with Crippen molar-refractivity contribution in [3.8, 4) is 0 Å². The number of rotatable bonds is 4. The molecular formula is C8H14ClN3O2S. The number of aromatic nitrogens is 1. The first-order chi connectivity index (χ1) is 6.63. The number of ether oxygens (including phenoxy) is 1. The van der Waals surface area contributed by atoms with Crippen molar-refractivity contribution in [2.45, 2.75) is 19.6 Å². The van der Waals surface area contributed by atoms with E-state index in [-0.39, 0.29) is 18.3 Å². The highest BCUT2D eigenvalue weighted by atomic mass is 35.5. The minimum atomic E-state index is -0.523. The van der Waals surface area contributed by atoms with Gasteiger partial charge in [0.2, 0.25) is 5.91 Å². The Bertz CT molecular complexity index is 317. The van der Waals surface area contributed by atoms with Crippen molar-refractivity contribution in [2.24, 2.45) is 5.73 Å². The van der Waals surface area contributed by atoms with Gasteiger partial charge in [0.05, 0.1) is 18.3 Å². The van der Waals surface area contributed by atoms with E-state index in [1.165, 1.54) is 11.3 Å². The molecule has 0 saturated heterocycles. The maximum Gasteiger partial charge on any atom is 0.242 e. The average molecular weight is 252 g/mol. The standard InChI is InChI=1S/C8H13N3O2S.ClH/c1-5(9)7(12)11-8-10-6(3-13-2)4-14-8;/h4-5H,3,9H2,1-2H3,(H,10,11,12);1H. The molecule has 0 fully saturated rings. The van der Waals surface area contributed by atoms with E-state index in [1.807, 2.05) is 5.38 Å². The summed E-state index contributed by atoms with van der Waals surface area (Å²) >= 11 is 1.36. The molecule has 0 saturated carbocycles. The smallest absolute Gasteiger partial charge is 0.242 e. The third-order valence-corrected chi connectivity index (χ3v) is 2.29. The van der Waals surface area contributed by atoms with Crippen molar-refractivity contribution >= 4 is 34.8 Å². The Morgan fingerprint density at radius 2 is 2.47 bits per heavy atom. The van der Waals surface area contributed by atoms with Crippen molar-refractivity contribution in [3.63, 3.8) is 0 Å². The molecule has 5 nitrogen and oxygen atoms in total. The molecule has 0 bridgehead atoms. The van der Waals surface area contributed by atoms with Gasteiger partial charge in [-0.2, -0.15) is 0 Å². The molecule has 1 aromatic heterocycles. The first-order valence-electron chi connectivity index (χ1n) is 4.13. The minimum absolute atomic E-state index is 0. The molecule has 0 radical (unpaired) electrons. The molecule has 1 aromatic rings. The van der Waals surface area contributed by atoms with Crippen LogP contribution in [0.3, 0.4) is 0 Å². The van der Waals surface area contributed by atoms with Crippen LogP contribution in [0.5, 0.6) is 0 Å². The van der Waals surface area contributed by atoms with Crippen molar-refractivity contribution in [1.29, 1.82) is 0 Å². The third-order valence-electron chi connectivity index (χ3n) is 1.49. The number of nitrogens with two attached hydrogens (primary N) is 1. The van der Waals surface area contributed by atoms with Gasteiger partial charge >= 0.3 is 0 Å². The molecule has 1 heterocycles. The number of nitrogens with zero attached hydrogens (tertiary/aromatic N) is 1. The van der Waals surface area contributed by atoms with Crippen LogP contribution in [0.2, 0.25) is 0 Å². The summed E-state index contributed by atoms with van der Waals surface area (Å²) in [5.74, 6) is -0.233. The fraction of sp³-hybridized carbons (Fsp3) is 0.500. The van der Waals surface area contributed by atoms with E-state index in [0.717, 1.165) is 5.69 Å². The van der Waals surface area contributed by atoms with Crippen LogP contribution < -0.4 is 11.1 Å². The first-order valence-corrected chi connectivity index (χ1v) is 5.01. The Morgan fingerprint density at radius 1 is 1.80 bits per heavy atom. The lowest BCUT2D eigenvalue weighted by molar-refractivity contribution is -0.117. The molecule has 0 aliphatic heterocycles. The number of anilines is 1. The topological polar surface area (TPSA) is 77.2 Å². The van der Waals surface area contributed by atoms with Gasteiger partial charge in [0, 0.05) is 12.5 Å². The maximum absolute atomic E-state index is 11.2. The van der Waals surface area contributed by atoms with E-state index in [9.17, 15) is 4.79 Å². The zero-order valence-electron chi connectivity index (χ0n) is 8.52. The molecule has 86 valence electrons. The summed E-state index contributed by atoms with van der Waals surface area (Å²) in [4.78, 5) is 15.3. The summed E-state index contributed by atoms with van der Waals surface area (Å²) in [5, 5.41) is 5.00. The van der Waals surface area contributed by atoms with Gasteiger partial charge in [0.15, 0.2) is 5.13 Å². The Hall–Kier alpha value is -0.690. The molecule has 0 aliphatic carbocycles. The van der Waals surface area contributed by atoms with Crippen molar-refractivity contribution in [2.75, 3.05) is 12.4 Å². The summed E-state index contributed by atoms with van der Waals surface area (Å²) in [5.41, 5.74) is 6.19.